The second-order valence-electron chi connectivity index (χ2n) is 4.00. The van der Waals surface area contributed by atoms with Crippen LogP contribution in [0.1, 0.15) is 12.8 Å². The van der Waals surface area contributed by atoms with E-state index in [9.17, 15) is 9.59 Å². The molecular formula is C10H10N2O3. The topological polar surface area (TPSA) is 90.8 Å². The molecule has 0 aromatic carbocycles. The molecule has 2 aliphatic carbocycles. The smallest absolute Gasteiger partial charge is 0.441 e. The molecule has 5 nitrogen and oxygen atoms in total. The highest BCUT2D eigenvalue weighted by Gasteiger charge is 2.45. The molecule has 15 heavy (non-hydrogen) atoms. The largest absolute Gasteiger partial charge is 0.472 e. The Kier molecular flexibility index (Phi) is 2.25. The van der Waals surface area contributed by atoms with Crippen molar-refractivity contribution in [1.29, 1.82) is 0 Å². The Balaban J connectivity index is 2.19. The molecule has 0 aromatic heterocycles. The summed E-state index contributed by atoms with van der Waals surface area (Å²) in [5.41, 5.74) is 7.72. The predicted octanol–water partition coefficient (Wildman–Crippen LogP) is 0.523. The van der Waals surface area contributed by atoms with Gasteiger partial charge in [0.1, 0.15) is 0 Å². The number of Topliss-reactive ketones (excluding diaryl/α,β-unsaturated/α-hetero) is 1. The summed E-state index contributed by atoms with van der Waals surface area (Å²) in [4.78, 5) is 24.9. The third-order valence-electron chi connectivity index (χ3n) is 3.15. The standard InChI is InChI=1S/C10H10N2O3/c11-12-8(10(14)15)9(13)7-4-5-1-2-6(7)3-5/h1-2,5-7H,3-4H2,(H,14,15). The molecule has 0 aromatic rings. The first-order chi connectivity index (χ1) is 7.13. The summed E-state index contributed by atoms with van der Waals surface area (Å²) in [6.07, 6.45) is 5.60. The summed E-state index contributed by atoms with van der Waals surface area (Å²) in [6, 6.07) is 0. The normalized spacial score (nSPS) is 31.3. The van der Waals surface area contributed by atoms with Gasteiger partial charge in [0, 0.05) is 5.92 Å². The SMILES string of the molecule is [N-]=[N+]=C(C(=O)O)C(=O)C1CC2C=CC1C2. The number of carbonyl (C=O) groups excluding carboxylic acids is 1. The maximum Gasteiger partial charge on any atom is 0.441 e. The van der Waals surface area contributed by atoms with Gasteiger partial charge >= 0.3 is 11.7 Å². The lowest BCUT2D eigenvalue weighted by Gasteiger charge is -2.12. The number of carbonyl (C=O) groups is 2. The van der Waals surface area contributed by atoms with Crippen LogP contribution in [0, 0.1) is 17.8 Å². The lowest BCUT2D eigenvalue weighted by Crippen LogP contribution is -2.32. The minimum Gasteiger partial charge on any atom is -0.472 e. The van der Waals surface area contributed by atoms with Crippen LogP contribution in [0.15, 0.2) is 12.2 Å². The summed E-state index contributed by atoms with van der Waals surface area (Å²) in [6.45, 7) is 0. The number of ketones is 1. The molecule has 1 N–H and O–H groups in total. The van der Waals surface area contributed by atoms with E-state index in [0.29, 0.717) is 12.3 Å². The number of carboxylic acids is 1. The summed E-state index contributed by atoms with van der Waals surface area (Å²) < 4.78 is 0. The second-order valence-corrected chi connectivity index (χ2v) is 4.00. The van der Waals surface area contributed by atoms with Gasteiger partial charge in [-0.05, 0) is 24.7 Å². The van der Waals surface area contributed by atoms with Crippen LogP contribution in [0.2, 0.25) is 0 Å². The number of carboxylic acid groups (broad SMARTS) is 1. The molecule has 3 atom stereocenters. The van der Waals surface area contributed by atoms with E-state index in [1.165, 1.54) is 0 Å². The van der Waals surface area contributed by atoms with Gasteiger partial charge in [0.25, 0.3) is 5.78 Å². The molecule has 5 heteroatoms. The van der Waals surface area contributed by atoms with Crippen molar-refractivity contribution in [3.8, 4) is 0 Å². The highest BCUT2D eigenvalue weighted by molar-refractivity contribution is 6.62. The number of nitrogens with zero attached hydrogens (tertiary/aromatic N) is 2. The number of hydrogen-bond acceptors (Lipinski definition) is 2. The van der Waals surface area contributed by atoms with Crippen molar-refractivity contribution in [3.63, 3.8) is 0 Å². The third-order valence-corrected chi connectivity index (χ3v) is 3.15. The maximum atomic E-state index is 11.7. The molecule has 1 saturated carbocycles. The Morgan fingerprint density at radius 1 is 1.33 bits per heavy atom. The van der Waals surface area contributed by atoms with Crippen LogP contribution in [0.5, 0.6) is 0 Å². The average molecular weight is 206 g/mol. The third kappa shape index (κ3) is 1.51. The van der Waals surface area contributed by atoms with E-state index in [-0.39, 0.29) is 11.8 Å². The first-order valence-electron chi connectivity index (χ1n) is 4.81. The van der Waals surface area contributed by atoms with Crippen molar-refractivity contribution in [2.75, 3.05) is 0 Å². The van der Waals surface area contributed by atoms with Crippen molar-refractivity contribution < 1.29 is 19.5 Å². The van der Waals surface area contributed by atoms with E-state index < -0.39 is 17.5 Å². The Morgan fingerprint density at radius 3 is 2.47 bits per heavy atom. The van der Waals surface area contributed by atoms with E-state index in [0.717, 1.165) is 6.42 Å². The average Bonchev–Trinajstić information content (AvgIpc) is 2.78. The van der Waals surface area contributed by atoms with Gasteiger partial charge in [0.2, 0.25) is 0 Å². The minimum absolute atomic E-state index is 0.124. The van der Waals surface area contributed by atoms with Gasteiger partial charge in [-0.15, -0.1) is 0 Å². The van der Waals surface area contributed by atoms with E-state index in [1.807, 2.05) is 6.08 Å². The summed E-state index contributed by atoms with van der Waals surface area (Å²) >= 11 is 0. The number of aliphatic carboxylic acids is 1. The molecule has 78 valence electrons. The first kappa shape index (κ1) is 9.80. The molecule has 2 rings (SSSR count). The lowest BCUT2D eigenvalue weighted by molar-refractivity contribution is -0.137. The van der Waals surface area contributed by atoms with Crippen LogP contribution < -0.4 is 0 Å². The number of fused-ring (bicyclic) bond motifs is 2. The molecule has 0 radical (unpaired) electrons. The molecule has 3 unspecified atom stereocenters. The highest BCUT2D eigenvalue weighted by Crippen LogP contribution is 2.43. The highest BCUT2D eigenvalue weighted by atomic mass is 16.4. The van der Waals surface area contributed by atoms with Crippen LogP contribution in [0.3, 0.4) is 0 Å². The molecule has 1 fully saturated rings. The van der Waals surface area contributed by atoms with Gasteiger partial charge in [-0.2, -0.15) is 4.79 Å². The Hall–Kier alpha value is -1.74. The molecule has 0 aliphatic heterocycles. The van der Waals surface area contributed by atoms with Crippen LogP contribution >= 0.6 is 0 Å². The number of hydrogen-bond donors (Lipinski definition) is 1. The van der Waals surface area contributed by atoms with Gasteiger partial charge in [0.15, 0.2) is 0 Å². The zero-order valence-electron chi connectivity index (χ0n) is 7.96. The lowest BCUT2D eigenvalue weighted by atomic mass is 9.87. The minimum atomic E-state index is -1.46. The van der Waals surface area contributed by atoms with Gasteiger partial charge in [-0.1, -0.05) is 12.2 Å². The van der Waals surface area contributed by atoms with Crippen molar-refractivity contribution in [3.05, 3.63) is 17.7 Å². The fourth-order valence-electron chi connectivity index (χ4n) is 2.46. The molecule has 2 aliphatic rings. The maximum absolute atomic E-state index is 11.7. The van der Waals surface area contributed by atoms with Gasteiger partial charge < -0.3 is 10.6 Å². The van der Waals surface area contributed by atoms with Crippen molar-refractivity contribution in [1.82, 2.24) is 0 Å². The van der Waals surface area contributed by atoms with E-state index in [1.54, 1.807) is 0 Å². The summed E-state index contributed by atoms with van der Waals surface area (Å²) in [7, 11) is 0. The quantitative estimate of drug-likeness (QED) is 0.240. The van der Waals surface area contributed by atoms with Gasteiger partial charge in [0.05, 0.1) is 0 Å². The van der Waals surface area contributed by atoms with Gasteiger partial charge in [-0.3, -0.25) is 4.79 Å². The first-order valence-corrected chi connectivity index (χ1v) is 4.81. The summed E-state index contributed by atoms with van der Waals surface area (Å²) in [5.74, 6) is -1.82. The van der Waals surface area contributed by atoms with E-state index >= 15 is 0 Å². The molecule has 0 spiro atoms. The van der Waals surface area contributed by atoms with Crippen LogP contribution in [0.4, 0.5) is 0 Å². The van der Waals surface area contributed by atoms with Crippen molar-refractivity contribution in [2.24, 2.45) is 17.8 Å². The van der Waals surface area contributed by atoms with E-state index in [4.69, 9.17) is 10.6 Å². The fourth-order valence-corrected chi connectivity index (χ4v) is 2.46. The number of allylic oxidation sites excluding steroid dienone is 2. The van der Waals surface area contributed by atoms with Crippen LogP contribution in [0.25, 0.3) is 5.53 Å². The van der Waals surface area contributed by atoms with Gasteiger partial charge in [-0.25, -0.2) is 4.79 Å². The molecule has 2 bridgehead atoms. The van der Waals surface area contributed by atoms with Crippen molar-refractivity contribution in [2.45, 2.75) is 12.8 Å². The fraction of sp³-hybridized carbons (Fsp3) is 0.500. The molecule has 0 amide bonds. The van der Waals surface area contributed by atoms with Crippen LogP contribution in [-0.4, -0.2) is 27.4 Å². The molecule has 0 saturated heterocycles. The summed E-state index contributed by atoms with van der Waals surface area (Å²) in [5, 5.41) is 8.64. The van der Waals surface area contributed by atoms with E-state index in [2.05, 4.69) is 10.9 Å². The Morgan fingerprint density at radius 2 is 2.07 bits per heavy atom. The Labute approximate surface area is 86.0 Å². The second kappa shape index (κ2) is 3.44. The molecular weight excluding hydrogens is 196 g/mol. The molecule has 0 heterocycles. The van der Waals surface area contributed by atoms with Crippen molar-refractivity contribution >= 4 is 17.5 Å². The monoisotopic (exact) mass is 206 g/mol. The number of rotatable bonds is 3. The predicted molar refractivity (Wildman–Crippen MR) is 50.1 cm³/mol. The zero-order chi connectivity index (χ0) is 11.0. The Bertz CT molecular complexity index is 407. The zero-order valence-corrected chi connectivity index (χ0v) is 7.96. The van der Waals surface area contributed by atoms with Crippen LogP contribution in [-0.2, 0) is 9.59 Å².